The van der Waals surface area contributed by atoms with E-state index in [0.29, 0.717) is 17.8 Å². The second-order valence-electron chi connectivity index (χ2n) is 8.37. The van der Waals surface area contributed by atoms with Crippen LogP contribution in [0.4, 0.5) is 20.7 Å². The second kappa shape index (κ2) is 7.24. The molecule has 3 atom stereocenters. The van der Waals surface area contributed by atoms with Gasteiger partial charge in [-0.1, -0.05) is 11.6 Å². The second-order valence-corrected chi connectivity index (χ2v) is 8.77. The van der Waals surface area contributed by atoms with Crippen LogP contribution >= 0.6 is 11.6 Å². The standard InChI is InChI=1S/C21H19ClFN5O3/c1-21(4-5-21)31-20(29)28-9-16(12-7-15(12)28)30-19-17(23)18(25-10-26-19)27-14-3-2-11(8-24)6-13(14)22/h2-3,6,10,12,15-16H,4-5,7,9H2,1H3,(H,25,26,27). The van der Waals surface area contributed by atoms with Crippen LogP contribution in [-0.4, -0.2) is 45.3 Å². The van der Waals surface area contributed by atoms with Crippen LogP contribution in [0.25, 0.3) is 0 Å². The Morgan fingerprint density at radius 3 is 2.94 bits per heavy atom. The Morgan fingerprint density at radius 1 is 1.42 bits per heavy atom. The first-order valence-electron chi connectivity index (χ1n) is 10.0. The van der Waals surface area contributed by atoms with E-state index in [0.717, 1.165) is 19.3 Å². The maximum Gasteiger partial charge on any atom is 0.410 e. The smallest absolute Gasteiger partial charge is 0.410 e. The van der Waals surface area contributed by atoms with Crippen molar-refractivity contribution in [3.8, 4) is 11.9 Å². The van der Waals surface area contributed by atoms with Crippen LogP contribution in [-0.2, 0) is 4.74 Å². The number of fused-ring (bicyclic) bond motifs is 1. The first-order valence-corrected chi connectivity index (χ1v) is 10.4. The van der Waals surface area contributed by atoms with Gasteiger partial charge in [-0.05, 0) is 44.4 Å². The number of nitrogens with one attached hydrogen (secondary N) is 1. The quantitative estimate of drug-likeness (QED) is 0.744. The largest absolute Gasteiger partial charge is 0.470 e. The molecule has 1 aromatic heterocycles. The third-order valence-electron chi connectivity index (χ3n) is 5.95. The van der Waals surface area contributed by atoms with Gasteiger partial charge in [-0.2, -0.15) is 14.6 Å². The molecule has 2 aromatic rings. The van der Waals surface area contributed by atoms with Crippen molar-refractivity contribution < 1.29 is 18.7 Å². The summed E-state index contributed by atoms with van der Waals surface area (Å²) in [5, 5.41) is 12.0. The van der Waals surface area contributed by atoms with Crippen molar-refractivity contribution in [2.24, 2.45) is 5.92 Å². The van der Waals surface area contributed by atoms with Crippen LogP contribution in [0.5, 0.6) is 5.88 Å². The van der Waals surface area contributed by atoms with Gasteiger partial charge in [0, 0.05) is 12.0 Å². The van der Waals surface area contributed by atoms with E-state index in [1.165, 1.54) is 12.4 Å². The van der Waals surface area contributed by atoms with E-state index in [2.05, 4.69) is 15.3 Å². The number of carbonyl (C=O) groups excluding carboxylic acids is 1. The summed E-state index contributed by atoms with van der Waals surface area (Å²) >= 11 is 6.15. The Morgan fingerprint density at radius 2 is 2.23 bits per heavy atom. The van der Waals surface area contributed by atoms with Gasteiger partial charge in [-0.3, -0.25) is 0 Å². The van der Waals surface area contributed by atoms with Gasteiger partial charge in [0.1, 0.15) is 18.0 Å². The topological polar surface area (TPSA) is 100 Å². The molecule has 1 aromatic carbocycles. The highest BCUT2D eigenvalue weighted by atomic mass is 35.5. The molecule has 3 aliphatic rings. The minimum Gasteiger partial charge on any atom is -0.470 e. The average molecular weight is 444 g/mol. The van der Waals surface area contributed by atoms with Crippen molar-refractivity contribution >= 4 is 29.2 Å². The molecule has 2 aliphatic carbocycles. The van der Waals surface area contributed by atoms with Gasteiger partial charge in [0.25, 0.3) is 5.88 Å². The highest BCUT2D eigenvalue weighted by Crippen LogP contribution is 2.48. The minimum atomic E-state index is -0.758. The van der Waals surface area contributed by atoms with E-state index in [4.69, 9.17) is 26.3 Å². The predicted molar refractivity (Wildman–Crippen MR) is 109 cm³/mol. The minimum absolute atomic E-state index is 0.0693. The molecule has 0 radical (unpaired) electrons. The summed E-state index contributed by atoms with van der Waals surface area (Å²) in [6.07, 6.45) is 3.06. The van der Waals surface area contributed by atoms with Crippen molar-refractivity contribution in [2.45, 2.75) is 43.9 Å². The van der Waals surface area contributed by atoms with E-state index in [1.807, 2.05) is 13.0 Å². The zero-order valence-corrected chi connectivity index (χ0v) is 17.4. The van der Waals surface area contributed by atoms with Crippen LogP contribution in [0.15, 0.2) is 24.5 Å². The molecule has 160 valence electrons. The molecular weight excluding hydrogens is 425 g/mol. The molecule has 1 N–H and O–H groups in total. The number of benzene rings is 1. The molecular formula is C21H19ClFN5O3. The molecule has 3 fully saturated rings. The Kier molecular flexibility index (Phi) is 4.63. The van der Waals surface area contributed by atoms with Gasteiger partial charge in [-0.25, -0.2) is 9.78 Å². The first kappa shape index (κ1) is 19.8. The van der Waals surface area contributed by atoms with Gasteiger partial charge in [0.15, 0.2) is 5.82 Å². The van der Waals surface area contributed by atoms with Crippen LogP contribution in [0.2, 0.25) is 5.02 Å². The van der Waals surface area contributed by atoms with Crippen molar-refractivity contribution in [2.75, 3.05) is 11.9 Å². The summed E-state index contributed by atoms with van der Waals surface area (Å²) in [5.41, 5.74) is 0.448. The monoisotopic (exact) mass is 443 g/mol. The van der Waals surface area contributed by atoms with Crippen molar-refractivity contribution in [3.05, 3.63) is 40.9 Å². The van der Waals surface area contributed by atoms with Gasteiger partial charge < -0.3 is 19.7 Å². The molecule has 1 saturated heterocycles. The molecule has 3 unspecified atom stereocenters. The number of hydrogen-bond acceptors (Lipinski definition) is 7. The number of ether oxygens (including phenoxy) is 2. The number of amides is 1. The van der Waals surface area contributed by atoms with Gasteiger partial charge >= 0.3 is 6.09 Å². The Bertz CT molecular complexity index is 1100. The van der Waals surface area contributed by atoms with Crippen molar-refractivity contribution in [1.29, 1.82) is 5.26 Å². The lowest BCUT2D eigenvalue weighted by atomic mass is 10.2. The van der Waals surface area contributed by atoms with E-state index < -0.39 is 5.82 Å². The van der Waals surface area contributed by atoms with E-state index in [-0.39, 0.29) is 46.5 Å². The lowest BCUT2D eigenvalue weighted by molar-refractivity contribution is 0.0546. The lowest BCUT2D eigenvalue weighted by Crippen LogP contribution is -2.37. The molecule has 0 bridgehead atoms. The third kappa shape index (κ3) is 3.83. The zero-order valence-electron chi connectivity index (χ0n) is 16.6. The van der Waals surface area contributed by atoms with Crippen LogP contribution in [0.3, 0.4) is 0 Å². The summed E-state index contributed by atoms with van der Waals surface area (Å²) < 4.78 is 26.4. The van der Waals surface area contributed by atoms with Crippen LogP contribution in [0, 0.1) is 23.1 Å². The Balaban J connectivity index is 1.28. The van der Waals surface area contributed by atoms with Gasteiger partial charge in [0.2, 0.25) is 5.82 Å². The van der Waals surface area contributed by atoms with E-state index in [9.17, 15) is 4.79 Å². The number of aromatic nitrogens is 2. The Hall–Kier alpha value is -3.12. The highest BCUT2D eigenvalue weighted by molar-refractivity contribution is 6.33. The fraction of sp³-hybridized carbons (Fsp3) is 0.429. The Labute approximate surface area is 182 Å². The van der Waals surface area contributed by atoms with E-state index >= 15 is 4.39 Å². The molecule has 2 saturated carbocycles. The summed E-state index contributed by atoms with van der Waals surface area (Å²) in [4.78, 5) is 22.0. The number of nitriles is 1. The molecule has 8 nitrogen and oxygen atoms in total. The summed E-state index contributed by atoms with van der Waals surface area (Å²) in [5.74, 6) is -0.910. The fourth-order valence-corrected chi connectivity index (χ4v) is 4.01. The molecule has 31 heavy (non-hydrogen) atoms. The number of piperidine rings is 1. The SMILES string of the molecule is CC1(OC(=O)N2CC(Oc3ncnc(Nc4ccc(C#N)cc4Cl)c3F)C3CC32)CC1. The zero-order chi connectivity index (χ0) is 21.8. The number of halogens is 2. The molecule has 1 amide bonds. The number of anilines is 2. The fourth-order valence-electron chi connectivity index (χ4n) is 3.78. The molecule has 2 heterocycles. The molecule has 1 aliphatic heterocycles. The first-order chi connectivity index (χ1) is 14.9. The van der Waals surface area contributed by atoms with E-state index in [1.54, 1.807) is 17.0 Å². The summed E-state index contributed by atoms with van der Waals surface area (Å²) in [6.45, 7) is 2.25. The number of carbonyl (C=O) groups is 1. The maximum atomic E-state index is 15.0. The normalized spacial score (nSPS) is 24.7. The van der Waals surface area contributed by atoms with Crippen molar-refractivity contribution in [3.63, 3.8) is 0 Å². The van der Waals surface area contributed by atoms with Crippen LogP contribution in [0.1, 0.15) is 31.7 Å². The number of hydrogen-bond donors (Lipinski definition) is 1. The molecule has 5 rings (SSSR count). The van der Waals surface area contributed by atoms with Crippen LogP contribution < -0.4 is 10.1 Å². The van der Waals surface area contributed by atoms with Crippen molar-refractivity contribution in [1.82, 2.24) is 14.9 Å². The number of rotatable bonds is 5. The lowest BCUT2D eigenvalue weighted by Gasteiger charge is -2.23. The highest BCUT2D eigenvalue weighted by Gasteiger charge is 2.58. The molecule has 0 spiro atoms. The summed E-state index contributed by atoms with van der Waals surface area (Å²) in [6, 6.07) is 6.66. The number of likely N-dealkylation sites (tertiary alicyclic amines) is 1. The number of nitrogens with zero attached hydrogens (tertiary/aromatic N) is 4. The van der Waals surface area contributed by atoms with Gasteiger partial charge in [-0.15, -0.1) is 0 Å². The maximum absolute atomic E-state index is 15.0. The van der Waals surface area contributed by atoms with Gasteiger partial charge in [0.05, 0.1) is 28.9 Å². The predicted octanol–water partition coefficient (Wildman–Crippen LogP) is 4.02. The third-order valence-corrected chi connectivity index (χ3v) is 6.27. The molecule has 10 heteroatoms. The average Bonchev–Trinajstić information content (AvgIpc) is 3.65. The summed E-state index contributed by atoms with van der Waals surface area (Å²) in [7, 11) is 0.